The Balaban J connectivity index is 2.00. The Kier molecular flexibility index (Phi) is 4.96. The summed E-state index contributed by atoms with van der Waals surface area (Å²) in [7, 11) is 4.12. The minimum atomic E-state index is 0.652. The molecule has 1 aliphatic heterocycles. The van der Waals surface area contributed by atoms with Crippen LogP contribution in [-0.4, -0.2) is 38.8 Å². The second-order valence-corrected chi connectivity index (χ2v) is 5.00. The number of aromatic nitrogens is 1. The fraction of sp³-hybridized carbons (Fsp3) is 0.643. The summed E-state index contributed by atoms with van der Waals surface area (Å²) in [5.74, 6) is 0.652. The van der Waals surface area contributed by atoms with Crippen LogP contribution in [0.5, 0.6) is 0 Å². The van der Waals surface area contributed by atoms with Crippen LogP contribution < -0.4 is 10.2 Å². The van der Waals surface area contributed by atoms with Crippen LogP contribution in [0.4, 0.5) is 5.69 Å². The van der Waals surface area contributed by atoms with Crippen LogP contribution in [0.25, 0.3) is 0 Å². The Hall–Kier alpha value is -1.13. The van der Waals surface area contributed by atoms with Gasteiger partial charge in [0.05, 0.1) is 6.61 Å². The van der Waals surface area contributed by atoms with Gasteiger partial charge in [0.1, 0.15) is 0 Å². The molecule has 0 bridgehead atoms. The van der Waals surface area contributed by atoms with Gasteiger partial charge in [-0.2, -0.15) is 0 Å². The van der Waals surface area contributed by atoms with Gasteiger partial charge in [0.25, 0.3) is 0 Å². The first-order valence-electron chi connectivity index (χ1n) is 6.67. The fourth-order valence-corrected chi connectivity index (χ4v) is 2.56. The van der Waals surface area contributed by atoms with Gasteiger partial charge in [-0.15, -0.1) is 0 Å². The lowest BCUT2D eigenvalue weighted by molar-refractivity contribution is 0.0576. The molecule has 1 N–H and O–H groups in total. The molecule has 1 aromatic heterocycles. The molecular weight excluding hydrogens is 226 g/mol. The van der Waals surface area contributed by atoms with Gasteiger partial charge in [-0.25, -0.2) is 0 Å². The quantitative estimate of drug-likeness (QED) is 0.861. The first kappa shape index (κ1) is 13.3. The first-order chi connectivity index (χ1) is 8.81. The van der Waals surface area contributed by atoms with Crippen LogP contribution in [0.15, 0.2) is 18.5 Å². The standard InChI is InChI=1S/C14H23N3O/c1-15-8-13-9-16-6-5-14(13)17(2)10-12-4-3-7-18-11-12/h5-6,9,12,15H,3-4,7-8,10-11H2,1-2H3. The summed E-state index contributed by atoms with van der Waals surface area (Å²) in [5.41, 5.74) is 2.52. The zero-order valence-corrected chi connectivity index (χ0v) is 11.4. The lowest BCUT2D eigenvalue weighted by Gasteiger charge is -2.29. The molecule has 1 aromatic rings. The Morgan fingerprint density at radius 3 is 3.17 bits per heavy atom. The minimum absolute atomic E-state index is 0.652. The third-order valence-electron chi connectivity index (χ3n) is 3.44. The molecule has 1 saturated heterocycles. The molecule has 2 heterocycles. The number of rotatable bonds is 5. The maximum Gasteiger partial charge on any atom is 0.0511 e. The first-order valence-corrected chi connectivity index (χ1v) is 6.67. The maximum absolute atomic E-state index is 5.55. The van der Waals surface area contributed by atoms with E-state index in [1.165, 1.54) is 24.1 Å². The van der Waals surface area contributed by atoms with Crippen molar-refractivity contribution in [2.24, 2.45) is 5.92 Å². The van der Waals surface area contributed by atoms with Crippen LogP contribution >= 0.6 is 0 Å². The van der Waals surface area contributed by atoms with Crippen molar-refractivity contribution in [3.05, 3.63) is 24.0 Å². The lowest BCUT2D eigenvalue weighted by atomic mass is 10.0. The Morgan fingerprint density at radius 1 is 1.56 bits per heavy atom. The average Bonchev–Trinajstić information content (AvgIpc) is 2.41. The van der Waals surface area contributed by atoms with Crippen LogP contribution in [0.1, 0.15) is 18.4 Å². The summed E-state index contributed by atoms with van der Waals surface area (Å²) in [5, 5.41) is 3.19. The molecule has 4 heteroatoms. The van der Waals surface area contributed by atoms with Gasteiger partial charge >= 0.3 is 0 Å². The molecule has 18 heavy (non-hydrogen) atoms. The van der Waals surface area contributed by atoms with Gasteiger partial charge < -0.3 is 15.0 Å². The molecular formula is C14H23N3O. The van der Waals surface area contributed by atoms with Crippen molar-refractivity contribution >= 4 is 5.69 Å². The van der Waals surface area contributed by atoms with E-state index in [0.717, 1.165) is 26.3 Å². The van der Waals surface area contributed by atoms with Gasteiger partial charge in [0.15, 0.2) is 0 Å². The normalized spacial score (nSPS) is 19.8. The molecule has 0 spiro atoms. The number of nitrogens with zero attached hydrogens (tertiary/aromatic N) is 2. The molecule has 4 nitrogen and oxygen atoms in total. The van der Waals surface area contributed by atoms with Crippen LogP contribution in [-0.2, 0) is 11.3 Å². The zero-order chi connectivity index (χ0) is 12.8. The van der Waals surface area contributed by atoms with Gasteiger partial charge in [-0.1, -0.05) is 0 Å². The minimum Gasteiger partial charge on any atom is -0.381 e. The van der Waals surface area contributed by atoms with Crippen molar-refractivity contribution in [3.63, 3.8) is 0 Å². The summed E-state index contributed by atoms with van der Waals surface area (Å²) in [6.45, 7) is 3.74. The highest BCUT2D eigenvalue weighted by molar-refractivity contribution is 5.51. The SMILES string of the molecule is CNCc1cnccc1N(C)CC1CCCOC1. The van der Waals surface area contributed by atoms with E-state index in [1.54, 1.807) is 0 Å². The Morgan fingerprint density at radius 2 is 2.44 bits per heavy atom. The molecule has 1 unspecified atom stereocenters. The monoisotopic (exact) mass is 249 g/mol. The number of ether oxygens (including phenoxy) is 1. The van der Waals surface area contributed by atoms with E-state index in [-0.39, 0.29) is 0 Å². The predicted molar refractivity (Wildman–Crippen MR) is 73.8 cm³/mol. The van der Waals surface area contributed by atoms with Gasteiger partial charge in [-0.3, -0.25) is 4.98 Å². The third-order valence-corrected chi connectivity index (χ3v) is 3.44. The lowest BCUT2D eigenvalue weighted by Crippen LogP contribution is -2.31. The van der Waals surface area contributed by atoms with Gasteiger partial charge in [-0.05, 0) is 31.9 Å². The van der Waals surface area contributed by atoms with Crippen molar-refractivity contribution in [2.75, 3.05) is 38.8 Å². The predicted octanol–water partition coefficient (Wildman–Crippen LogP) is 1.66. The number of hydrogen-bond acceptors (Lipinski definition) is 4. The maximum atomic E-state index is 5.55. The van der Waals surface area contributed by atoms with E-state index < -0.39 is 0 Å². The third kappa shape index (κ3) is 3.43. The van der Waals surface area contributed by atoms with Crippen molar-refractivity contribution in [1.82, 2.24) is 10.3 Å². The van der Waals surface area contributed by atoms with Crippen molar-refractivity contribution in [3.8, 4) is 0 Å². The number of hydrogen-bond donors (Lipinski definition) is 1. The summed E-state index contributed by atoms with van der Waals surface area (Å²) in [6, 6.07) is 2.09. The van der Waals surface area contributed by atoms with Gasteiger partial charge in [0, 0.05) is 50.4 Å². The summed E-state index contributed by atoms with van der Waals surface area (Å²) in [4.78, 5) is 6.53. The Bertz CT molecular complexity index is 364. The highest BCUT2D eigenvalue weighted by Gasteiger charge is 2.17. The Labute approximate surface area is 109 Å². The molecule has 1 aliphatic rings. The molecule has 0 aromatic carbocycles. The number of anilines is 1. The number of nitrogens with one attached hydrogen (secondary N) is 1. The molecule has 0 amide bonds. The second-order valence-electron chi connectivity index (χ2n) is 5.00. The second kappa shape index (κ2) is 6.71. The molecule has 0 aliphatic carbocycles. The van der Waals surface area contributed by atoms with Crippen LogP contribution in [0.3, 0.4) is 0 Å². The molecule has 100 valence electrons. The molecule has 0 radical (unpaired) electrons. The van der Waals surface area contributed by atoms with E-state index in [2.05, 4.69) is 28.3 Å². The average molecular weight is 249 g/mol. The zero-order valence-electron chi connectivity index (χ0n) is 11.4. The summed E-state index contributed by atoms with van der Waals surface area (Å²) >= 11 is 0. The van der Waals surface area contributed by atoms with Crippen LogP contribution in [0.2, 0.25) is 0 Å². The highest BCUT2D eigenvalue weighted by atomic mass is 16.5. The topological polar surface area (TPSA) is 37.4 Å². The van der Waals surface area contributed by atoms with Gasteiger partial charge in [0.2, 0.25) is 0 Å². The van der Waals surface area contributed by atoms with Crippen molar-refractivity contribution in [1.29, 1.82) is 0 Å². The number of pyridine rings is 1. The van der Waals surface area contributed by atoms with E-state index in [4.69, 9.17) is 4.74 Å². The smallest absolute Gasteiger partial charge is 0.0511 e. The highest BCUT2D eigenvalue weighted by Crippen LogP contribution is 2.21. The molecule has 0 saturated carbocycles. The van der Waals surface area contributed by atoms with E-state index in [1.807, 2.05) is 19.4 Å². The van der Waals surface area contributed by atoms with Crippen LogP contribution in [0, 0.1) is 5.92 Å². The van der Waals surface area contributed by atoms with E-state index >= 15 is 0 Å². The molecule has 1 atom stereocenters. The molecule has 1 fully saturated rings. The van der Waals surface area contributed by atoms with E-state index in [0.29, 0.717) is 5.92 Å². The van der Waals surface area contributed by atoms with Crippen molar-refractivity contribution in [2.45, 2.75) is 19.4 Å². The summed E-state index contributed by atoms with van der Waals surface area (Å²) in [6.07, 6.45) is 6.27. The molecule has 2 rings (SSSR count). The van der Waals surface area contributed by atoms with E-state index in [9.17, 15) is 0 Å². The largest absolute Gasteiger partial charge is 0.381 e. The fourth-order valence-electron chi connectivity index (χ4n) is 2.56. The van der Waals surface area contributed by atoms with Crippen molar-refractivity contribution < 1.29 is 4.74 Å². The summed E-state index contributed by atoms with van der Waals surface area (Å²) < 4.78 is 5.55.